The molecule has 5 nitrogen and oxygen atoms in total. The highest BCUT2D eigenvalue weighted by Crippen LogP contribution is 2.18. The molecular formula is C19H19ClN2O3. The van der Waals surface area contributed by atoms with Crippen molar-refractivity contribution in [1.29, 1.82) is 0 Å². The first-order chi connectivity index (χ1) is 12.1. The van der Waals surface area contributed by atoms with Crippen LogP contribution in [0, 0.1) is 0 Å². The lowest BCUT2D eigenvalue weighted by Crippen LogP contribution is -2.49. The Morgan fingerprint density at radius 2 is 1.84 bits per heavy atom. The van der Waals surface area contributed by atoms with Crippen molar-refractivity contribution < 1.29 is 14.3 Å². The average Bonchev–Trinajstić information content (AvgIpc) is 2.67. The van der Waals surface area contributed by atoms with Crippen molar-refractivity contribution in [1.82, 2.24) is 10.2 Å². The average molecular weight is 359 g/mol. The summed E-state index contributed by atoms with van der Waals surface area (Å²) in [6.45, 7) is 1.70. The van der Waals surface area contributed by atoms with E-state index in [4.69, 9.17) is 16.3 Å². The van der Waals surface area contributed by atoms with Crippen LogP contribution in [0.15, 0.2) is 54.6 Å². The Labute approximate surface area is 151 Å². The van der Waals surface area contributed by atoms with E-state index in [-0.39, 0.29) is 17.9 Å². The molecule has 0 bridgehead atoms. The molecule has 2 amide bonds. The van der Waals surface area contributed by atoms with Crippen molar-refractivity contribution in [2.75, 3.05) is 26.2 Å². The predicted molar refractivity (Wildman–Crippen MR) is 95.9 cm³/mol. The van der Waals surface area contributed by atoms with Crippen LogP contribution in [0.1, 0.15) is 20.7 Å². The maximum Gasteiger partial charge on any atom is 0.255 e. The van der Waals surface area contributed by atoms with Gasteiger partial charge in [-0.25, -0.2) is 0 Å². The molecule has 1 atom stereocenters. The molecular weight excluding hydrogens is 340 g/mol. The number of hydrogen-bond donors (Lipinski definition) is 1. The quantitative estimate of drug-likeness (QED) is 0.914. The van der Waals surface area contributed by atoms with Crippen molar-refractivity contribution in [2.24, 2.45) is 0 Å². The Morgan fingerprint density at radius 3 is 2.60 bits per heavy atom. The second-order valence-corrected chi connectivity index (χ2v) is 6.21. The number of rotatable bonds is 4. The van der Waals surface area contributed by atoms with E-state index >= 15 is 0 Å². The van der Waals surface area contributed by atoms with Crippen LogP contribution in [-0.4, -0.2) is 49.1 Å². The highest BCUT2D eigenvalue weighted by atomic mass is 35.5. The number of amides is 2. The largest absolute Gasteiger partial charge is 0.373 e. The topological polar surface area (TPSA) is 58.6 Å². The predicted octanol–water partition coefficient (Wildman–Crippen LogP) is 2.61. The van der Waals surface area contributed by atoms with Crippen LogP contribution in [0.2, 0.25) is 5.02 Å². The Hall–Kier alpha value is -2.37. The van der Waals surface area contributed by atoms with Gasteiger partial charge in [-0.05, 0) is 24.3 Å². The molecule has 3 rings (SSSR count). The number of benzene rings is 2. The number of carbonyl (C=O) groups excluding carboxylic acids is 2. The Kier molecular flexibility index (Phi) is 5.68. The van der Waals surface area contributed by atoms with Gasteiger partial charge in [0.1, 0.15) is 0 Å². The van der Waals surface area contributed by atoms with Crippen LogP contribution in [0.4, 0.5) is 0 Å². The van der Waals surface area contributed by atoms with E-state index in [1.54, 1.807) is 41.3 Å². The van der Waals surface area contributed by atoms with E-state index < -0.39 is 0 Å². The molecule has 1 saturated heterocycles. The van der Waals surface area contributed by atoms with E-state index in [0.29, 0.717) is 42.4 Å². The summed E-state index contributed by atoms with van der Waals surface area (Å²) in [4.78, 5) is 26.4. The fourth-order valence-corrected chi connectivity index (χ4v) is 2.95. The molecule has 0 radical (unpaired) electrons. The zero-order chi connectivity index (χ0) is 17.6. The second-order valence-electron chi connectivity index (χ2n) is 5.80. The van der Waals surface area contributed by atoms with Crippen molar-refractivity contribution in [3.8, 4) is 0 Å². The maximum atomic E-state index is 12.6. The number of nitrogens with one attached hydrogen (secondary N) is 1. The van der Waals surface area contributed by atoms with Crippen molar-refractivity contribution in [3.05, 3.63) is 70.7 Å². The molecule has 0 aromatic heterocycles. The highest BCUT2D eigenvalue weighted by Gasteiger charge is 2.26. The number of hydrogen-bond acceptors (Lipinski definition) is 3. The molecule has 1 heterocycles. The minimum atomic E-state index is -0.243. The molecule has 0 spiro atoms. The molecule has 6 heteroatoms. The van der Waals surface area contributed by atoms with Gasteiger partial charge >= 0.3 is 0 Å². The first-order valence-corrected chi connectivity index (χ1v) is 8.51. The van der Waals surface area contributed by atoms with Gasteiger partial charge in [0.2, 0.25) is 0 Å². The number of halogens is 1. The van der Waals surface area contributed by atoms with Gasteiger partial charge in [0, 0.05) is 25.2 Å². The van der Waals surface area contributed by atoms with Gasteiger partial charge in [-0.1, -0.05) is 41.9 Å². The van der Waals surface area contributed by atoms with Gasteiger partial charge in [0.15, 0.2) is 0 Å². The lowest BCUT2D eigenvalue weighted by atomic mass is 10.1. The summed E-state index contributed by atoms with van der Waals surface area (Å²) in [7, 11) is 0. The molecule has 1 aliphatic rings. The van der Waals surface area contributed by atoms with E-state index in [0.717, 1.165) is 0 Å². The fraction of sp³-hybridized carbons (Fsp3) is 0.263. The minimum absolute atomic E-state index is 0.117. The van der Waals surface area contributed by atoms with Crippen LogP contribution in [0.25, 0.3) is 0 Å². The van der Waals surface area contributed by atoms with E-state index in [9.17, 15) is 9.59 Å². The van der Waals surface area contributed by atoms with Gasteiger partial charge in [0.25, 0.3) is 11.8 Å². The molecule has 1 N–H and O–H groups in total. The molecule has 25 heavy (non-hydrogen) atoms. The van der Waals surface area contributed by atoms with Crippen molar-refractivity contribution in [3.63, 3.8) is 0 Å². The molecule has 0 unspecified atom stereocenters. The number of morpholine rings is 1. The summed E-state index contributed by atoms with van der Waals surface area (Å²) >= 11 is 6.11. The SMILES string of the molecule is O=C(NC[C@H]1CN(C(=O)c2ccccc2Cl)CCO1)c1ccccc1. The molecule has 2 aromatic rings. The molecule has 1 fully saturated rings. The third-order valence-corrected chi connectivity index (χ3v) is 4.39. The van der Waals surface area contributed by atoms with Crippen LogP contribution < -0.4 is 5.32 Å². The number of carbonyl (C=O) groups is 2. The Morgan fingerprint density at radius 1 is 1.12 bits per heavy atom. The standard InChI is InChI=1S/C19H19ClN2O3/c20-17-9-5-4-8-16(17)19(24)22-10-11-25-15(13-22)12-21-18(23)14-6-2-1-3-7-14/h1-9,15H,10-13H2,(H,21,23)/t15-/m0/s1. The molecule has 1 aliphatic heterocycles. The molecule has 2 aromatic carbocycles. The monoisotopic (exact) mass is 358 g/mol. The first-order valence-electron chi connectivity index (χ1n) is 8.14. The lowest BCUT2D eigenvalue weighted by molar-refractivity contribution is -0.0197. The lowest BCUT2D eigenvalue weighted by Gasteiger charge is -2.33. The third kappa shape index (κ3) is 4.38. The van der Waals surface area contributed by atoms with Gasteiger partial charge in [-0.2, -0.15) is 0 Å². The van der Waals surface area contributed by atoms with Crippen LogP contribution in [-0.2, 0) is 4.74 Å². The Bertz CT molecular complexity index is 751. The highest BCUT2D eigenvalue weighted by molar-refractivity contribution is 6.33. The molecule has 130 valence electrons. The summed E-state index contributed by atoms with van der Waals surface area (Å²) < 4.78 is 5.67. The summed E-state index contributed by atoms with van der Waals surface area (Å²) in [5.74, 6) is -0.271. The summed E-state index contributed by atoms with van der Waals surface area (Å²) in [5.41, 5.74) is 1.08. The normalized spacial score (nSPS) is 17.2. The van der Waals surface area contributed by atoms with Crippen LogP contribution >= 0.6 is 11.6 Å². The Balaban J connectivity index is 1.57. The third-order valence-electron chi connectivity index (χ3n) is 4.06. The number of ether oxygens (including phenoxy) is 1. The van der Waals surface area contributed by atoms with Crippen LogP contribution in [0.5, 0.6) is 0 Å². The summed E-state index contributed by atoms with van der Waals surface area (Å²) in [6, 6.07) is 16.0. The zero-order valence-electron chi connectivity index (χ0n) is 13.7. The van der Waals surface area contributed by atoms with E-state index in [1.165, 1.54) is 0 Å². The van der Waals surface area contributed by atoms with Gasteiger partial charge < -0.3 is 15.0 Å². The van der Waals surface area contributed by atoms with Gasteiger partial charge in [0.05, 0.1) is 23.3 Å². The van der Waals surface area contributed by atoms with Gasteiger partial charge in [-0.15, -0.1) is 0 Å². The van der Waals surface area contributed by atoms with E-state index in [1.807, 2.05) is 18.2 Å². The molecule has 0 aliphatic carbocycles. The van der Waals surface area contributed by atoms with Gasteiger partial charge in [-0.3, -0.25) is 9.59 Å². The maximum absolute atomic E-state index is 12.6. The second kappa shape index (κ2) is 8.14. The summed E-state index contributed by atoms with van der Waals surface area (Å²) in [6.07, 6.45) is -0.243. The van der Waals surface area contributed by atoms with Crippen LogP contribution in [0.3, 0.4) is 0 Å². The minimum Gasteiger partial charge on any atom is -0.373 e. The van der Waals surface area contributed by atoms with Crippen molar-refractivity contribution >= 4 is 23.4 Å². The first kappa shape index (κ1) is 17.5. The van der Waals surface area contributed by atoms with Crippen molar-refractivity contribution in [2.45, 2.75) is 6.10 Å². The molecule has 0 saturated carbocycles. The zero-order valence-corrected chi connectivity index (χ0v) is 14.4. The smallest absolute Gasteiger partial charge is 0.255 e. The number of nitrogens with zero attached hydrogens (tertiary/aromatic N) is 1. The fourth-order valence-electron chi connectivity index (χ4n) is 2.73. The van der Waals surface area contributed by atoms with E-state index in [2.05, 4.69) is 5.32 Å². The summed E-state index contributed by atoms with van der Waals surface area (Å²) in [5, 5.41) is 3.29.